The number of nitrogens with one attached hydrogen (secondary N) is 1. The van der Waals surface area contributed by atoms with Crippen LogP contribution in [-0.2, 0) is 24.5 Å². The predicted octanol–water partition coefficient (Wildman–Crippen LogP) is 1.15. The van der Waals surface area contributed by atoms with Crippen molar-refractivity contribution < 1.29 is 21.6 Å². The van der Waals surface area contributed by atoms with Gasteiger partial charge in [-0.1, -0.05) is 33.1 Å². The Bertz CT molecular complexity index is 617. The zero-order valence-corrected chi connectivity index (χ0v) is 14.1. The van der Waals surface area contributed by atoms with E-state index in [1.165, 1.54) is 0 Å². The SMILES string of the molecule is CCCCCNC(=O)C1=C(CCC)S(=O)(=O)CCS1(=O)=O. The number of sulfone groups is 2. The molecule has 0 fully saturated rings. The summed E-state index contributed by atoms with van der Waals surface area (Å²) in [6.07, 6.45) is 3.19. The molecule has 0 atom stereocenters. The molecule has 122 valence electrons. The van der Waals surface area contributed by atoms with Crippen LogP contribution in [0.5, 0.6) is 0 Å². The molecular weight excluding hydrogens is 314 g/mol. The third-order valence-electron chi connectivity index (χ3n) is 3.31. The highest BCUT2D eigenvalue weighted by molar-refractivity contribution is 8.02. The molecule has 0 aliphatic carbocycles. The second kappa shape index (κ2) is 7.40. The third kappa shape index (κ3) is 4.54. The molecule has 0 aromatic rings. The number of carbonyl (C=O) groups excluding carboxylic acids is 1. The zero-order chi connectivity index (χ0) is 16.1. The maximum absolute atomic E-state index is 12.1. The van der Waals surface area contributed by atoms with Crippen molar-refractivity contribution in [1.29, 1.82) is 0 Å². The minimum absolute atomic E-state index is 0.0826. The van der Waals surface area contributed by atoms with Gasteiger partial charge in [-0.3, -0.25) is 4.79 Å². The molecule has 0 bridgehead atoms. The fourth-order valence-corrected chi connectivity index (χ4v) is 6.84. The first-order valence-corrected chi connectivity index (χ1v) is 10.5. The number of amides is 1. The van der Waals surface area contributed by atoms with Gasteiger partial charge in [0, 0.05) is 6.54 Å². The molecule has 0 saturated carbocycles. The highest BCUT2D eigenvalue weighted by Crippen LogP contribution is 2.28. The number of allylic oxidation sites excluding steroid dienone is 1. The standard InChI is InChI=1S/C13H23NO5S2/c1-3-5-6-8-14-13(15)12-11(7-4-2)20(16,17)9-10-21(12,18)19/h3-10H2,1-2H3,(H,14,15). The molecule has 21 heavy (non-hydrogen) atoms. The van der Waals surface area contributed by atoms with Crippen LogP contribution >= 0.6 is 0 Å². The van der Waals surface area contributed by atoms with E-state index in [9.17, 15) is 21.6 Å². The van der Waals surface area contributed by atoms with Crippen LogP contribution < -0.4 is 5.32 Å². The molecule has 8 heteroatoms. The van der Waals surface area contributed by atoms with Crippen molar-refractivity contribution in [2.24, 2.45) is 0 Å². The summed E-state index contributed by atoms with van der Waals surface area (Å²) in [5.74, 6) is -1.73. The van der Waals surface area contributed by atoms with Crippen LogP contribution in [0.3, 0.4) is 0 Å². The number of carbonyl (C=O) groups is 1. The van der Waals surface area contributed by atoms with E-state index >= 15 is 0 Å². The molecule has 0 radical (unpaired) electrons. The molecule has 0 saturated heterocycles. The molecule has 6 nitrogen and oxygen atoms in total. The lowest BCUT2D eigenvalue weighted by Gasteiger charge is -2.20. The van der Waals surface area contributed by atoms with Gasteiger partial charge in [0.15, 0.2) is 19.7 Å². The Balaban J connectivity index is 3.12. The van der Waals surface area contributed by atoms with E-state index in [1.807, 2.05) is 6.92 Å². The Kier molecular flexibility index (Phi) is 6.40. The molecule has 1 aliphatic rings. The molecule has 0 unspecified atom stereocenters. The maximum Gasteiger partial charge on any atom is 0.263 e. The van der Waals surface area contributed by atoms with Crippen molar-refractivity contribution >= 4 is 25.6 Å². The van der Waals surface area contributed by atoms with Gasteiger partial charge in [-0.2, -0.15) is 0 Å². The summed E-state index contributed by atoms with van der Waals surface area (Å²) in [5.41, 5.74) is 0. The number of rotatable bonds is 7. The minimum Gasteiger partial charge on any atom is -0.351 e. The van der Waals surface area contributed by atoms with Gasteiger partial charge in [0.2, 0.25) is 0 Å². The molecule has 1 aliphatic heterocycles. The highest BCUT2D eigenvalue weighted by atomic mass is 32.2. The first-order chi connectivity index (χ1) is 9.76. The van der Waals surface area contributed by atoms with E-state index in [2.05, 4.69) is 5.32 Å². The lowest BCUT2D eigenvalue weighted by atomic mass is 10.2. The number of hydrogen-bond acceptors (Lipinski definition) is 5. The molecule has 0 aromatic heterocycles. The summed E-state index contributed by atoms with van der Waals surface area (Å²) in [7, 11) is -7.47. The quantitative estimate of drug-likeness (QED) is 0.703. The van der Waals surface area contributed by atoms with Gasteiger partial charge in [0.1, 0.15) is 4.91 Å². The van der Waals surface area contributed by atoms with Gasteiger partial charge in [0.05, 0.1) is 16.4 Å². The fourth-order valence-electron chi connectivity index (χ4n) is 2.18. The Morgan fingerprint density at radius 2 is 1.62 bits per heavy atom. The average molecular weight is 337 g/mol. The fraction of sp³-hybridized carbons (Fsp3) is 0.769. The normalized spacial score (nSPS) is 20.3. The number of unbranched alkanes of at least 4 members (excludes halogenated alkanes) is 2. The van der Waals surface area contributed by atoms with Crippen LogP contribution in [0.1, 0.15) is 46.0 Å². The van der Waals surface area contributed by atoms with E-state index in [4.69, 9.17) is 0 Å². The van der Waals surface area contributed by atoms with E-state index in [1.54, 1.807) is 6.92 Å². The van der Waals surface area contributed by atoms with E-state index < -0.39 is 42.0 Å². The van der Waals surface area contributed by atoms with Gasteiger partial charge >= 0.3 is 0 Å². The molecule has 1 heterocycles. The van der Waals surface area contributed by atoms with Crippen LogP contribution in [0.2, 0.25) is 0 Å². The lowest BCUT2D eigenvalue weighted by molar-refractivity contribution is -0.116. The summed E-state index contributed by atoms with van der Waals surface area (Å²) in [6.45, 7) is 4.12. The largest absolute Gasteiger partial charge is 0.351 e. The summed E-state index contributed by atoms with van der Waals surface area (Å²) >= 11 is 0. The monoisotopic (exact) mass is 337 g/mol. The summed E-state index contributed by atoms with van der Waals surface area (Å²) in [6, 6.07) is 0. The van der Waals surface area contributed by atoms with Crippen molar-refractivity contribution in [2.75, 3.05) is 18.1 Å². The zero-order valence-electron chi connectivity index (χ0n) is 12.5. The van der Waals surface area contributed by atoms with Crippen LogP contribution in [0.25, 0.3) is 0 Å². The van der Waals surface area contributed by atoms with Gasteiger partial charge in [-0.25, -0.2) is 16.8 Å². The lowest BCUT2D eigenvalue weighted by Crippen LogP contribution is -2.37. The van der Waals surface area contributed by atoms with Gasteiger partial charge < -0.3 is 5.32 Å². The van der Waals surface area contributed by atoms with Crippen molar-refractivity contribution in [3.8, 4) is 0 Å². The van der Waals surface area contributed by atoms with Crippen LogP contribution in [0, 0.1) is 0 Å². The van der Waals surface area contributed by atoms with Crippen molar-refractivity contribution in [3.05, 3.63) is 9.81 Å². The maximum atomic E-state index is 12.1. The summed E-state index contributed by atoms with van der Waals surface area (Å²) < 4.78 is 48.3. The predicted molar refractivity (Wildman–Crippen MR) is 82.0 cm³/mol. The third-order valence-corrected chi connectivity index (χ3v) is 7.39. The topological polar surface area (TPSA) is 97.4 Å². The number of hydrogen-bond donors (Lipinski definition) is 1. The van der Waals surface area contributed by atoms with Gasteiger partial charge in [0.25, 0.3) is 5.91 Å². The summed E-state index contributed by atoms with van der Waals surface area (Å²) in [5, 5.41) is 2.53. The first-order valence-electron chi connectivity index (χ1n) is 7.23. The first kappa shape index (κ1) is 18.2. The molecular formula is C13H23NO5S2. The van der Waals surface area contributed by atoms with Crippen molar-refractivity contribution in [2.45, 2.75) is 46.0 Å². The minimum atomic E-state index is -3.82. The average Bonchev–Trinajstić information content (AvgIpc) is 2.40. The summed E-state index contributed by atoms with van der Waals surface area (Å²) in [4.78, 5) is 11.4. The molecule has 0 spiro atoms. The van der Waals surface area contributed by atoms with Gasteiger partial charge in [-0.05, 0) is 12.8 Å². The molecule has 0 aromatic carbocycles. The molecule has 1 amide bonds. The molecule has 1 rings (SSSR count). The Labute approximate surface area is 126 Å². The Morgan fingerprint density at radius 1 is 1.00 bits per heavy atom. The second-order valence-corrected chi connectivity index (χ2v) is 9.28. The van der Waals surface area contributed by atoms with Crippen molar-refractivity contribution in [3.63, 3.8) is 0 Å². The molecule has 1 N–H and O–H groups in total. The van der Waals surface area contributed by atoms with E-state index in [-0.39, 0.29) is 11.3 Å². The van der Waals surface area contributed by atoms with Crippen LogP contribution in [0.4, 0.5) is 0 Å². The van der Waals surface area contributed by atoms with Gasteiger partial charge in [-0.15, -0.1) is 0 Å². The highest BCUT2D eigenvalue weighted by Gasteiger charge is 2.39. The van der Waals surface area contributed by atoms with E-state index in [0.717, 1.165) is 19.3 Å². The Hall–Kier alpha value is -0.890. The Morgan fingerprint density at radius 3 is 2.19 bits per heavy atom. The second-order valence-electron chi connectivity index (χ2n) is 5.10. The van der Waals surface area contributed by atoms with Crippen LogP contribution in [0.15, 0.2) is 9.81 Å². The van der Waals surface area contributed by atoms with Crippen LogP contribution in [-0.4, -0.2) is 40.8 Å². The smallest absolute Gasteiger partial charge is 0.263 e. The van der Waals surface area contributed by atoms with Crippen molar-refractivity contribution in [1.82, 2.24) is 5.32 Å². The van der Waals surface area contributed by atoms with E-state index in [0.29, 0.717) is 13.0 Å².